The number of carbonyl (C=O) groups is 1. The molecule has 0 aliphatic heterocycles. The summed E-state index contributed by atoms with van der Waals surface area (Å²) >= 11 is 0. The van der Waals surface area contributed by atoms with Gasteiger partial charge in [0.25, 0.3) is 0 Å². The van der Waals surface area contributed by atoms with Crippen LogP contribution >= 0.6 is 0 Å². The van der Waals surface area contributed by atoms with Crippen LogP contribution in [0.25, 0.3) is 0 Å². The Morgan fingerprint density at radius 2 is 1.88 bits per heavy atom. The lowest BCUT2D eigenvalue weighted by atomic mass is 10.1. The molecule has 24 heavy (non-hydrogen) atoms. The van der Waals surface area contributed by atoms with Crippen molar-refractivity contribution in [3.05, 3.63) is 36.0 Å². The predicted molar refractivity (Wildman–Crippen MR) is 100.0 cm³/mol. The Labute approximate surface area is 147 Å². The second-order valence-corrected chi connectivity index (χ2v) is 6.77. The van der Waals surface area contributed by atoms with Gasteiger partial charge in [0.2, 0.25) is 0 Å². The highest BCUT2D eigenvalue weighted by Crippen LogP contribution is 2.41. The second kappa shape index (κ2) is 13.0. The highest BCUT2D eigenvalue weighted by Gasteiger charge is 2.27. The number of rotatable bonds is 14. The summed E-state index contributed by atoms with van der Waals surface area (Å²) in [4.78, 5) is 10.4. The standard InChI is InChI=1S/C21H34O3/c1-2-3-4-5-6-9-12-18-17-19(18)15-16-20(22)13-10-7-8-11-14-21(23)24/h6-7,9-10,15,18,20,22H,2-5,8,11-14,16-17H2,1H3,(H,23,24)/b9-6-,10-7-,19-15?/t18?,20-/m1/s1. The quantitative estimate of drug-likeness (QED) is 0.330. The van der Waals surface area contributed by atoms with E-state index in [9.17, 15) is 9.90 Å². The largest absolute Gasteiger partial charge is 0.481 e. The van der Waals surface area contributed by atoms with Crippen molar-refractivity contribution >= 4 is 5.97 Å². The lowest BCUT2D eigenvalue weighted by Crippen LogP contribution is -2.02. The molecular formula is C21H34O3. The third-order valence-corrected chi connectivity index (χ3v) is 4.40. The van der Waals surface area contributed by atoms with Crippen LogP contribution in [0, 0.1) is 5.92 Å². The zero-order valence-electron chi connectivity index (χ0n) is 15.1. The van der Waals surface area contributed by atoms with Gasteiger partial charge < -0.3 is 10.2 Å². The van der Waals surface area contributed by atoms with E-state index in [-0.39, 0.29) is 12.5 Å². The fraction of sp³-hybridized carbons (Fsp3) is 0.667. The molecule has 1 fully saturated rings. The SMILES string of the molecule is CCCCC/C=C\CC1CC1=CC[C@H](O)C/C=C\CCCC(=O)O. The van der Waals surface area contributed by atoms with E-state index in [1.54, 1.807) is 0 Å². The van der Waals surface area contributed by atoms with Gasteiger partial charge >= 0.3 is 5.97 Å². The molecule has 1 rings (SSSR count). The first kappa shape index (κ1) is 20.7. The Morgan fingerprint density at radius 3 is 2.62 bits per heavy atom. The molecule has 0 bridgehead atoms. The van der Waals surface area contributed by atoms with Crippen molar-refractivity contribution in [2.24, 2.45) is 5.92 Å². The minimum atomic E-state index is -0.746. The fourth-order valence-electron chi connectivity index (χ4n) is 2.73. The average Bonchev–Trinajstić information content (AvgIpc) is 3.30. The van der Waals surface area contributed by atoms with Crippen molar-refractivity contribution in [1.82, 2.24) is 0 Å². The Balaban J connectivity index is 2.04. The summed E-state index contributed by atoms with van der Waals surface area (Å²) in [6.07, 6.45) is 20.9. The summed E-state index contributed by atoms with van der Waals surface area (Å²) in [6, 6.07) is 0. The van der Waals surface area contributed by atoms with E-state index in [0.717, 1.165) is 19.3 Å². The maximum Gasteiger partial charge on any atom is 0.303 e. The first-order valence-electron chi connectivity index (χ1n) is 9.52. The number of hydrogen-bond donors (Lipinski definition) is 2. The van der Waals surface area contributed by atoms with Crippen LogP contribution < -0.4 is 0 Å². The van der Waals surface area contributed by atoms with Crippen LogP contribution in [0.4, 0.5) is 0 Å². The molecule has 0 aromatic heterocycles. The minimum Gasteiger partial charge on any atom is -0.481 e. The number of allylic oxidation sites excluding steroid dienone is 4. The lowest BCUT2D eigenvalue weighted by molar-refractivity contribution is -0.137. The molecule has 0 radical (unpaired) electrons. The van der Waals surface area contributed by atoms with Crippen LogP contribution in [0.2, 0.25) is 0 Å². The molecule has 0 saturated heterocycles. The first-order valence-corrected chi connectivity index (χ1v) is 9.52. The molecule has 0 spiro atoms. The summed E-state index contributed by atoms with van der Waals surface area (Å²) in [6.45, 7) is 2.23. The van der Waals surface area contributed by atoms with Crippen LogP contribution in [0.15, 0.2) is 36.0 Å². The smallest absolute Gasteiger partial charge is 0.303 e. The third kappa shape index (κ3) is 11.2. The van der Waals surface area contributed by atoms with E-state index in [1.807, 2.05) is 12.2 Å². The minimum absolute atomic E-state index is 0.216. The highest BCUT2D eigenvalue weighted by molar-refractivity contribution is 5.66. The molecular weight excluding hydrogens is 300 g/mol. The maximum atomic E-state index is 10.4. The zero-order chi connectivity index (χ0) is 17.6. The maximum absolute atomic E-state index is 10.4. The number of aliphatic hydroxyl groups excluding tert-OH is 1. The van der Waals surface area contributed by atoms with Gasteiger partial charge in [-0.15, -0.1) is 0 Å². The van der Waals surface area contributed by atoms with Gasteiger partial charge in [0.15, 0.2) is 0 Å². The summed E-state index contributed by atoms with van der Waals surface area (Å²) in [5.41, 5.74) is 1.50. The second-order valence-electron chi connectivity index (χ2n) is 6.77. The monoisotopic (exact) mass is 334 g/mol. The summed E-state index contributed by atoms with van der Waals surface area (Å²) in [7, 11) is 0. The van der Waals surface area contributed by atoms with Crippen molar-refractivity contribution in [2.75, 3.05) is 0 Å². The van der Waals surface area contributed by atoms with Crippen molar-refractivity contribution in [3.8, 4) is 0 Å². The van der Waals surface area contributed by atoms with Crippen molar-refractivity contribution < 1.29 is 15.0 Å². The van der Waals surface area contributed by atoms with Crippen molar-refractivity contribution in [2.45, 2.75) is 83.7 Å². The summed E-state index contributed by atoms with van der Waals surface area (Å²) in [5, 5.41) is 18.5. The van der Waals surface area contributed by atoms with E-state index >= 15 is 0 Å². The highest BCUT2D eigenvalue weighted by atomic mass is 16.4. The number of aliphatic hydroxyl groups is 1. The molecule has 1 saturated carbocycles. The van der Waals surface area contributed by atoms with E-state index < -0.39 is 5.97 Å². The predicted octanol–water partition coefficient (Wildman–Crippen LogP) is 5.41. The molecule has 0 aromatic rings. The number of carboxylic acid groups (broad SMARTS) is 1. The normalized spacial score (nSPS) is 20.2. The van der Waals surface area contributed by atoms with Gasteiger partial charge in [-0.2, -0.15) is 0 Å². The Hall–Kier alpha value is -1.35. The molecule has 1 aliphatic rings. The molecule has 2 N–H and O–H groups in total. The van der Waals surface area contributed by atoms with Gasteiger partial charge in [-0.3, -0.25) is 4.79 Å². The van der Waals surface area contributed by atoms with Gasteiger partial charge in [-0.25, -0.2) is 0 Å². The van der Waals surface area contributed by atoms with Gasteiger partial charge in [-0.05, 0) is 57.3 Å². The van der Waals surface area contributed by atoms with Gasteiger partial charge in [0, 0.05) is 6.42 Å². The van der Waals surface area contributed by atoms with Gasteiger partial charge in [-0.1, -0.05) is 55.7 Å². The summed E-state index contributed by atoms with van der Waals surface area (Å²) < 4.78 is 0. The van der Waals surface area contributed by atoms with Gasteiger partial charge in [0.1, 0.15) is 0 Å². The van der Waals surface area contributed by atoms with Crippen LogP contribution in [-0.4, -0.2) is 22.3 Å². The Morgan fingerprint density at radius 1 is 1.12 bits per heavy atom. The van der Waals surface area contributed by atoms with Crippen LogP contribution in [-0.2, 0) is 4.79 Å². The molecule has 0 aromatic carbocycles. The topological polar surface area (TPSA) is 57.5 Å². The molecule has 0 heterocycles. The summed E-state index contributed by atoms with van der Waals surface area (Å²) in [5.74, 6) is -0.0314. The molecule has 1 aliphatic carbocycles. The third-order valence-electron chi connectivity index (χ3n) is 4.40. The molecule has 0 amide bonds. The van der Waals surface area contributed by atoms with E-state index in [2.05, 4.69) is 25.2 Å². The molecule has 3 nitrogen and oxygen atoms in total. The Bertz CT molecular complexity index is 434. The molecule has 1 unspecified atom stereocenters. The lowest BCUT2D eigenvalue weighted by Gasteiger charge is -2.03. The van der Waals surface area contributed by atoms with Gasteiger partial charge in [0.05, 0.1) is 6.10 Å². The van der Waals surface area contributed by atoms with E-state index in [4.69, 9.17) is 5.11 Å². The molecule has 136 valence electrons. The average molecular weight is 335 g/mol. The molecule has 2 atom stereocenters. The fourth-order valence-corrected chi connectivity index (χ4v) is 2.73. The van der Waals surface area contributed by atoms with Crippen LogP contribution in [0.3, 0.4) is 0 Å². The van der Waals surface area contributed by atoms with Crippen LogP contribution in [0.1, 0.15) is 77.6 Å². The first-order chi connectivity index (χ1) is 11.6. The number of hydrogen-bond acceptors (Lipinski definition) is 2. The Kier molecular flexibility index (Phi) is 11.2. The van der Waals surface area contributed by atoms with Crippen molar-refractivity contribution in [1.29, 1.82) is 0 Å². The van der Waals surface area contributed by atoms with Crippen molar-refractivity contribution in [3.63, 3.8) is 0 Å². The number of unbranched alkanes of at least 4 members (excludes halogenated alkanes) is 4. The van der Waals surface area contributed by atoms with E-state index in [0.29, 0.717) is 18.8 Å². The zero-order valence-corrected chi connectivity index (χ0v) is 15.1. The van der Waals surface area contributed by atoms with Crippen LogP contribution in [0.5, 0.6) is 0 Å². The number of carboxylic acids is 1. The number of aliphatic carboxylic acids is 1. The molecule has 3 heteroatoms. The van der Waals surface area contributed by atoms with E-state index in [1.165, 1.54) is 37.7 Å².